The molecule has 2 aromatic rings. The number of ether oxygens (including phenoxy) is 2. The Labute approximate surface area is 141 Å². The Bertz CT molecular complexity index is 768. The lowest BCUT2D eigenvalue weighted by atomic mass is 10.1. The number of carbonyl (C=O) groups excluding carboxylic acids is 1. The molecule has 6 nitrogen and oxygen atoms in total. The first kappa shape index (κ1) is 16.7. The van der Waals surface area contributed by atoms with Gasteiger partial charge in [-0.25, -0.2) is 8.78 Å². The number of nitrogens with zero attached hydrogens (tertiary/aromatic N) is 2. The van der Waals surface area contributed by atoms with Crippen LogP contribution in [0.2, 0.25) is 5.02 Å². The molecule has 24 heavy (non-hydrogen) atoms. The fourth-order valence-corrected chi connectivity index (χ4v) is 2.53. The molecule has 0 aliphatic carbocycles. The molecule has 1 saturated heterocycles. The quantitative estimate of drug-likeness (QED) is 0.849. The van der Waals surface area contributed by atoms with Crippen LogP contribution in [-0.2, 0) is 11.8 Å². The van der Waals surface area contributed by atoms with Gasteiger partial charge in [-0.1, -0.05) is 11.6 Å². The largest absolute Gasteiger partial charge is 0.482 e. The maximum absolute atomic E-state index is 13.9. The second-order valence-corrected chi connectivity index (χ2v) is 5.72. The Balaban J connectivity index is 1.70. The normalized spacial score (nSPS) is 20.2. The molecule has 1 aromatic heterocycles. The lowest BCUT2D eigenvalue weighted by Gasteiger charge is -2.20. The van der Waals surface area contributed by atoms with Gasteiger partial charge in [-0.15, -0.1) is 0 Å². The molecule has 1 aliphatic heterocycles. The Kier molecular flexibility index (Phi) is 4.68. The van der Waals surface area contributed by atoms with E-state index in [9.17, 15) is 13.6 Å². The van der Waals surface area contributed by atoms with Crippen LogP contribution in [0.25, 0.3) is 0 Å². The first-order valence-electron chi connectivity index (χ1n) is 7.13. The highest BCUT2D eigenvalue weighted by Gasteiger charge is 2.32. The first-order valence-corrected chi connectivity index (χ1v) is 7.51. The lowest BCUT2D eigenvalue weighted by Crippen LogP contribution is -2.45. The number of carbonyl (C=O) groups is 1. The van der Waals surface area contributed by atoms with Gasteiger partial charge in [0.2, 0.25) is 0 Å². The topological polar surface area (TPSA) is 65.4 Å². The second kappa shape index (κ2) is 6.74. The van der Waals surface area contributed by atoms with E-state index in [0.29, 0.717) is 5.75 Å². The molecule has 0 bridgehead atoms. The molecule has 0 radical (unpaired) electrons. The number of nitrogens with one attached hydrogen (secondary N) is 1. The number of hydrogen-bond acceptors (Lipinski definition) is 4. The molecule has 1 aliphatic rings. The minimum Gasteiger partial charge on any atom is -0.482 e. The highest BCUT2D eigenvalue weighted by Crippen LogP contribution is 2.22. The maximum Gasteiger partial charge on any atom is 0.254 e. The van der Waals surface area contributed by atoms with Crippen LogP contribution in [-0.4, -0.2) is 41.0 Å². The summed E-state index contributed by atoms with van der Waals surface area (Å²) < 4.78 is 39.7. The van der Waals surface area contributed by atoms with Crippen LogP contribution in [0, 0.1) is 11.6 Å². The third-order valence-corrected chi connectivity index (χ3v) is 3.94. The zero-order valence-corrected chi connectivity index (χ0v) is 13.4. The highest BCUT2D eigenvalue weighted by molar-refractivity contribution is 6.31. The van der Waals surface area contributed by atoms with Crippen LogP contribution in [0.15, 0.2) is 24.5 Å². The van der Waals surface area contributed by atoms with Crippen molar-refractivity contribution in [1.82, 2.24) is 15.1 Å². The summed E-state index contributed by atoms with van der Waals surface area (Å²) in [5.74, 6) is -2.21. The summed E-state index contributed by atoms with van der Waals surface area (Å²) in [5, 5.41) is 5.89. The number of aryl methyl sites for hydroxylation is 1. The van der Waals surface area contributed by atoms with E-state index in [1.165, 1.54) is 6.20 Å². The summed E-state index contributed by atoms with van der Waals surface area (Å²) in [5.41, 5.74) is -0.339. The van der Waals surface area contributed by atoms with E-state index in [1.54, 1.807) is 17.9 Å². The SMILES string of the molecule is Cn1cc(O[C@@H]2COC[C@@H]2NC(=O)c2ccc(F)c(Cl)c2F)cn1. The van der Waals surface area contributed by atoms with Gasteiger partial charge in [0.25, 0.3) is 5.91 Å². The molecule has 9 heteroatoms. The summed E-state index contributed by atoms with van der Waals surface area (Å²) >= 11 is 5.49. The van der Waals surface area contributed by atoms with Gasteiger partial charge < -0.3 is 14.8 Å². The molecule has 1 N–H and O–H groups in total. The van der Waals surface area contributed by atoms with E-state index >= 15 is 0 Å². The van der Waals surface area contributed by atoms with Crippen molar-refractivity contribution in [2.75, 3.05) is 13.2 Å². The standard InChI is InChI=1S/C15H14ClF2N3O3/c1-21-5-8(4-19-21)24-12-7-23-6-11(12)20-15(22)9-2-3-10(17)13(16)14(9)18/h2-5,11-12H,6-7H2,1H3,(H,20,22)/t11-,12+/m0/s1. The average molecular weight is 358 g/mol. The molecule has 3 rings (SSSR count). The van der Waals surface area contributed by atoms with Crippen LogP contribution in [0.1, 0.15) is 10.4 Å². The van der Waals surface area contributed by atoms with Crippen molar-refractivity contribution in [3.05, 3.63) is 46.7 Å². The fraction of sp³-hybridized carbons (Fsp3) is 0.333. The van der Waals surface area contributed by atoms with Crippen LogP contribution in [0.5, 0.6) is 5.75 Å². The van der Waals surface area contributed by atoms with E-state index in [1.807, 2.05) is 0 Å². The van der Waals surface area contributed by atoms with Crippen molar-refractivity contribution in [2.45, 2.75) is 12.1 Å². The molecular formula is C15H14ClF2N3O3. The number of rotatable bonds is 4. The Morgan fingerprint density at radius 3 is 2.96 bits per heavy atom. The van der Waals surface area contributed by atoms with Gasteiger partial charge in [0.05, 0.1) is 37.2 Å². The van der Waals surface area contributed by atoms with Crippen molar-refractivity contribution < 1.29 is 23.0 Å². The van der Waals surface area contributed by atoms with Gasteiger partial charge in [-0.05, 0) is 12.1 Å². The van der Waals surface area contributed by atoms with E-state index in [-0.39, 0.29) is 18.8 Å². The van der Waals surface area contributed by atoms with Crippen molar-refractivity contribution in [2.24, 2.45) is 7.05 Å². The maximum atomic E-state index is 13.9. The van der Waals surface area contributed by atoms with Gasteiger partial charge in [-0.3, -0.25) is 9.48 Å². The summed E-state index contributed by atoms with van der Waals surface area (Å²) in [4.78, 5) is 12.2. The first-order chi connectivity index (χ1) is 11.5. The number of benzene rings is 1. The van der Waals surface area contributed by atoms with Crippen molar-refractivity contribution in [1.29, 1.82) is 0 Å². The lowest BCUT2D eigenvalue weighted by molar-refractivity contribution is 0.0900. The zero-order valence-electron chi connectivity index (χ0n) is 12.6. The van der Waals surface area contributed by atoms with E-state index < -0.39 is 34.7 Å². The molecule has 1 aromatic carbocycles. The van der Waals surface area contributed by atoms with E-state index in [4.69, 9.17) is 21.1 Å². The minimum atomic E-state index is -1.10. The Hall–Kier alpha value is -2.19. The molecular weight excluding hydrogens is 344 g/mol. The van der Waals surface area contributed by atoms with E-state index in [0.717, 1.165) is 12.1 Å². The van der Waals surface area contributed by atoms with Gasteiger partial charge in [-0.2, -0.15) is 5.10 Å². The van der Waals surface area contributed by atoms with Gasteiger partial charge in [0.15, 0.2) is 11.6 Å². The van der Waals surface area contributed by atoms with Crippen molar-refractivity contribution >= 4 is 17.5 Å². The van der Waals surface area contributed by atoms with Crippen LogP contribution < -0.4 is 10.1 Å². The number of halogens is 3. The molecule has 0 spiro atoms. The zero-order chi connectivity index (χ0) is 17.3. The summed E-state index contributed by atoms with van der Waals surface area (Å²) in [6, 6.07) is 1.49. The molecule has 1 fully saturated rings. The predicted octanol–water partition coefficient (Wildman–Crippen LogP) is 1.93. The van der Waals surface area contributed by atoms with Crippen LogP contribution in [0.4, 0.5) is 8.78 Å². The number of aromatic nitrogens is 2. The number of amides is 1. The molecule has 128 valence electrons. The van der Waals surface area contributed by atoms with Crippen molar-refractivity contribution in [3.63, 3.8) is 0 Å². The molecule has 1 amide bonds. The fourth-order valence-electron chi connectivity index (χ4n) is 2.37. The Morgan fingerprint density at radius 1 is 1.46 bits per heavy atom. The van der Waals surface area contributed by atoms with Gasteiger partial charge >= 0.3 is 0 Å². The Morgan fingerprint density at radius 2 is 2.25 bits per heavy atom. The highest BCUT2D eigenvalue weighted by atomic mass is 35.5. The second-order valence-electron chi connectivity index (χ2n) is 5.35. The molecule has 2 atom stereocenters. The minimum absolute atomic E-state index is 0.215. The molecule has 0 unspecified atom stereocenters. The smallest absolute Gasteiger partial charge is 0.254 e. The van der Waals surface area contributed by atoms with Gasteiger partial charge in [0.1, 0.15) is 16.9 Å². The number of hydrogen-bond donors (Lipinski definition) is 1. The van der Waals surface area contributed by atoms with Crippen molar-refractivity contribution in [3.8, 4) is 5.75 Å². The monoisotopic (exact) mass is 357 g/mol. The summed E-state index contributed by atoms with van der Waals surface area (Å²) in [6.45, 7) is 0.486. The third-order valence-electron chi connectivity index (χ3n) is 3.59. The third kappa shape index (κ3) is 3.34. The summed E-state index contributed by atoms with van der Waals surface area (Å²) in [6.07, 6.45) is 2.77. The summed E-state index contributed by atoms with van der Waals surface area (Å²) in [7, 11) is 1.75. The van der Waals surface area contributed by atoms with E-state index in [2.05, 4.69) is 10.4 Å². The molecule has 2 heterocycles. The van der Waals surface area contributed by atoms with Crippen LogP contribution in [0.3, 0.4) is 0 Å². The predicted molar refractivity (Wildman–Crippen MR) is 81.1 cm³/mol. The van der Waals surface area contributed by atoms with Crippen LogP contribution >= 0.6 is 11.6 Å². The average Bonchev–Trinajstić information content (AvgIpc) is 3.15. The molecule has 0 saturated carbocycles. The van der Waals surface area contributed by atoms with Gasteiger partial charge in [0, 0.05) is 7.05 Å².